The fourth-order valence-electron chi connectivity index (χ4n) is 3.75. The molecule has 1 aliphatic carbocycles. The van der Waals surface area contributed by atoms with Gasteiger partial charge in [-0.2, -0.15) is 0 Å². The lowest BCUT2D eigenvalue weighted by Crippen LogP contribution is -2.49. The Hall–Kier alpha value is -2.05. The zero-order valence-corrected chi connectivity index (χ0v) is 16.0. The molecule has 3 rings (SSSR count). The van der Waals surface area contributed by atoms with Crippen LogP contribution in [0.3, 0.4) is 0 Å². The summed E-state index contributed by atoms with van der Waals surface area (Å²) in [4.78, 5) is 25.0. The molecule has 2 fully saturated rings. The van der Waals surface area contributed by atoms with Crippen LogP contribution in [0.5, 0.6) is 0 Å². The first-order valence-electron chi connectivity index (χ1n) is 9.94. The quantitative estimate of drug-likeness (QED) is 0.831. The predicted molar refractivity (Wildman–Crippen MR) is 103 cm³/mol. The highest BCUT2D eigenvalue weighted by Crippen LogP contribution is 2.23. The number of hydrogen-bond acceptors (Lipinski definition) is 6. The van der Waals surface area contributed by atoms with Crippen molar-refractivity contribution in [1.29, 1.82) is 0 Å². The number of carbonyl (C=O) groups excluding carboxylic acids is 1. The molecule has 7 heteroatoms. The summed E-state index contributed by atoms with van der Waals surface area (Å²) >= 11 is 0. The fourth-order valence-corrected chi connectivity index (χ4v) is 3.75. The Labute approximate surface area is 156 Å². The standard InChI is InChI=1S/C19H31N5O2/c1-3-26-19(25)24-12-10-23(11-13-24)18-14-17(20-15(2)21-18)22-16-8-6-4-5-7-9-16/h14,16H,3-13H2,1-2H3,(H,20,21,22). The summed E-state index contributed by atoms with van der Waals surface area (Å²) < 4.78 is 5.09. The molecule has 1 aromatic rings. The van der Waals surface area contributed by atoms with Gasteiger partial charge < -0.3 is 19.9 Å². The molecule has 2 aliphatic rings. The van der Waals surface area contributed by atoms with Crippen LogP contribution in [0.4, 0.5) is 16.4 Å². The maximum absolute atomic E-state index is 11.8. The minimum atomic E-state index is -0.221. The molecule has 1 saturated carbocycles. The van der Waals surface area contributed by atoms with Gasteiger partial charge >= 0.3 is 6.09 Å². The Morgan fingerprint density at radius 3 is 2.50 bits per heavy atom. The van der Waals surface area contributed by atoms with E-state index >= 15 is 0 Å². The Kier molecular flexibility index (Phi) is 6.52. The number of ether oxygens (including phenoxy) is 1. The number of rotatable bonds is 4. The van der Waals surface area contributed by atoms with E-state index in [2.05, 4.69) is 26.3 Å². The van der Waals surface area contributed by atoms with Crippen molar-refractivity contribution < 1.29 is 9.53 Å². The van der Waals surface area contributed by atoms with E-state index in [-0.39, 0.29) is 6.09 Å². The van der Waals surface area contributed by atoms with Crippen LogP contribution in [0.15, 0.2) is 6.07 Å². The van der Waals surface area contributed by atoms with E-state index in [0.717, 1.165) is 30.5 Å². The van der Waals surface area contributed by atoms with Gasteiger partial charge in [-0.1, -0.05) is 25.7 Å². The third kappa shape index (κ3) is 4.99. The Balaban J connectivity index is 1.61. The number of nitrogens with one attached hydrogen (secondary N) is 1. The topological polar surface area (TPSA) is 70.6 Å². The van der Waals surface area contributed by atoms with Crippen LogP contribution in [0.25, 0.3) is 0 Å². The predicted octanol–water partition coefficient (Wildman–Crippen LogP) is 3.20. The molecular weight excluding hydrogens is 330 g/mol. The van der Waals surface area contributed by atoms with E-state index in [0.29, 0.717) is 25.7 Å². The minimum Gasteiger partial charge on any atom is -0.450 e. The Morgan fingerprint density at radius 2 is 1.85 bits per heavy atom. The second-order valence-electron chi connectivity index (χ2n) is 7.16. The molecule has 0 radical (unpaired) electrons. The first-order chi connectivity index (χ1) is 12.7. The van der Waals surface area contributed by atoms with Crippen LogP contribution >= 0.6 is 0 Å². The normalized spacial score (nSPS) is 19.2. The lowest BCUT2D eigenvalue weighted by Gasteiger charge is -2.35. The van der Waals surface area contributed by atoms with Crippen molar-refractivity contribution in [3.63, 3.8) is 0 Å². The molecule has 2 heterocycles. The molecule has 7 nitrogen and oxygen atoms in total. The zero-order chi connectivity index (χ0) is 18.4. The lowest BCUT2D eigenvalue weighted by atomic mass is 10.1. The summed E-state index contributed by atoms with van der Waals surface area (Å²) in [7, 11) is 0. The average molecular weight is 361 g/mol. The molecule has 1 aliphatic heterocycles. The third-order valence-corrected chi connectivity index (χ3v) is 5.16. The summed E-state index contributed by atoms with van der Waals surface area (Å²) in [6.07, 6.45) is 7.50. The average Bonchev–Trinajstić information content (AvgIpc) is 2.90. The molecule has 0 unspecified atom stereocenters. The molecular formula is C19H31N5O2. The molecule has 1 saturated heterocycles. The van der Waals surface area contributed by atoms with E-state index in [1.165, 1.54) is 38.5 Å². The largest absolute Gasteiger partial charge is 0.450 e. The number of hydrogen-bond donors (Lipinski definition) is 1. The van der Waals surface area contributed by atoms with E-state index in [4.69, 9.17) is 4.74 Å². The van der Waals surface area contributed by atoms with Gasteiger partial charge in [-0.05, 0) is 26.7 Å². The smallest absolute Gasteiger partial charge is 0.409 e. The van der Waals surface area contributed by atoms with Crippen LogP contribution in [-0.2, 0) is 4.74 Å². The van der Waals surface area contributed by atoms with E-state index in [1.807, 2.05) is 13.8 Å². The summed E-state index contributed by atoms with van der Waals surface area (Å²) in [5.41, 5.74) is 0. The summed E-state index contributed by atoms with van der Waals surface area (Å²) in [6, 6.07) is 2.57. The highest BCUT2D eigenvalue weighted by Gasteiger charge is 2.23. The fraction of sp³-hybridized carbons (Fsp3) is 0.737. The molecule has 0 bridgehead atoms. The number of carbonyl (C=O) groups is 1. The van der Waals surface area contributed by atoms with Gasteiger partial charge in [0, 0.05) is 38.3 Å². The second kappa shape index (κ2) is 9.05. The molecule has 26 heavy (non-hydrogen) atoms. The zero-order valence-electron chi connectivity index (χ0n) is 16.0. The number of aryl methyl sites for hydroxylation is 1. The molecule has 0 spiro atoms. The number of amides is 1. The number of piperazine rings is 1. The van der Waals surface area contributed by atoms with Crippen molar-refractivity contribution >= 4 is 17.7 Å². The van der Waals surface area contributed by atoms with Gasteiger partial charge in [0.2, 0.25) is 0 Å². The van der Waals surface area contributed by atoms with Crippen molar-refractivity contribution in [3.05, 3.63) is 11.9 Å². The first-order valence-corrected chi connectivity index (χ1v) is 9.94. The van der Waals surface area contributed by atoms with Gasteiger partial charge in [0.25, 0.3) is 0 Å². The summed E-state index contributed by atoms with van der Waals surface area (Å²) in [5.74, 6) is 2.65. The summed E-state index contributed by atoms with van der Waals surface area (Å²) in [5, 5.41) is 3.62. The van der Waals surface area contributed by atoms with Gasteiger partial charge in [-0.25, -0.2) is 14.8 Å². The van der Waals surface area contributed by atoms with Crippen LogP contribution in [-0.4, -0.2) is 59.8 Å². The van der Waals surface area contributed by atoms with Crippen molar-refractivity contribution in [2.45, 2.75) is 58.4 Å². The Morgan fingerprint density at radius 1 is 1.15 bits per heavy atom. The summed E-state index contributed by atoms with van der Waals surface area (Å²) in [6.45, 7) is 7.04. The van der Waals surface area contributed by atoms with Crippen molar-refractivity contribution in [3.8, 4) is 0 Å². The maximum Gasteiger partial charge on any atom is 0.409 e. The van der Waals surface area contributed by atoms with E-state index in [1.54, 1.807) is 4.90 Å². The molecule has 0 atom stereocenters. The number of nitrogens with zero attached hydrogens (tertiary/aromatic N) is 4. The van der Waals surface area contributed by atoms with Crippen molar-refractivity contribution in [2.75, 3.05) is 43.0 Å². The molecule has 1 aromatic heterocycles. The van der Waals surface area contributed by atoms with Crippen molar-refractivity contribution in [1.82, 2.24) is 14.9 Å². The highest BCUT2D eigenvalue weighted by molar-refractivity contribution is 5.68. The van der Waals surface area contributed by atoms with Gasteiger partial charge in [0.15, 0.2) is 0 Å². The Bertz CT molecular complexity index is 594. The highest BCUT2D eigenvalue weighted by atomic mass is 16.6. The first kappa shape index (κ1) is 18.7. The van der Waals surface area contributed by atoms with Crippen LogP contribution in [0.2, 0.25) is 0 Å². The molecule has 0 aromatic carbocycles. The van der Waals surface area contributed by atoms with Crippen LogP contribution in [0, 0.1) is 6.92 Å². The maximum atomic E-state index is 11.8. The molecule has 1 amide bonds. The molecule has 1 N–H and O–H groups in total. The minimum absolute atomic E-state index is 0.221. The van der Waals surface area contributed by atoms with Crippen molar-refractivity contribution in [2.24, 2.45) is 0 Å². The molecule has 144 valence electrons. The SMILES string of the molecule is CCOC(=O)N1CCN(c2cc(NC3CCCCCC3)nc(C)n2)CC1. The van der Waals surface area contributed by atoms with Crippen LogP contribution in [0.1, 0.15) is 51.3 Å². The monoisotopic (exact) mass is 361 g/mol. The number of anilines is 2. The number of aromatic nitrogens is 2. The van der Waals surface area contributed by atoms with Gasteiger partial charge in [-0.15, -0.1) is 0 Å². The van der Waals surface area contributed by atoms with E-state index in [9.17, 15) is 4.79 Å². The third-order valence-electron chi connectivity index (χ3n) is 5.16. The van der Waals surface area contributed by atoms with E-state index < -0.39 is 0 Å². The lowest BCUT2D eigenvalue weighted by molar-refractivity contribution is 0.105. The second-order valence-corrected chi connectivity index (χ2v) is 7.16. The van der Waals surface area contributed by atoms with Gasteiger partial charge in [0.05, 0.1) is 6.61 Å². The van der Waals surface area contributed by atoms with Gasteiger partial charge in [0.1, 0.15) is 17.5 Å². The van der Waals surface area contributed by atoms with Gasteiger partial charge in [-0.3, -0.25) is 0 Å². The van der Waals surface area contributed by atoms with Crippen LogP contribution < -0.4 is 10.2 Å².